The summed E-state index contributed by atoms with van der Waals surface area (Å²) >= 11 is 2.72. The molecule has 0 aliphatic rings. The van der Waals surface area contributed by atoms with Gasteiger partial charge in [0.2, 0.25) is 0 Å². The lowest BCUT2D eigenvalue weighted by Gasteiger charge is -2.05. The first-order valence-corrected chi connectivity index (χ1v) is 8.19. The lowest BCUT2D eigenvalue weighted by atomic mass is 10.1. The van der Waals surface area contributed by atoms with E-state index in [1.165, 1.54) is 4.68 Å². The number of aromatic amines is 1. The van der Waals surface area contributed by atoms with Crippen molar-refractivity contribution < 1.29 is 4.79 Å². The van der Waals surface area contributed by atoms with Crippen molar-refractivity contribution in [1.29, 1.82) is 0 Å². The largest absolute Gasteiger partial charge is 0.339 e. The van der Waals surface area contributed by atoms with Crippen LogP contribution in [0.1, 0.15) is 10.4 Å². The van der Waals surface area contributed by atoms with Gasteiger partial charge in [-0.2, -0.15) is 4.98 Å². The smallest absolute Gasteiger partial charge is 0.293 e. The zero-order chi connectivity index (χ0) is 15.4. The van der Waals surface area contributed by atoms with Crippen LogP contribution in [0.2, 0.25) is 0 Å². The molecule has 21 heavy (non-hydrogen) atoms. The summed E-state index contributed by atoms with van der Waals surface area (Å²) in [6, 6.07) is 7.31. The number of hydrogen-bond acceptors (Lipinski definition) is 6. The summed E-state index contributed by atoms with van der Waals surface area (Å²) in [6.07, 6.45) is 1.97. The Balaban J connectivity index is 2.08. The lowest BCUT2D eigenvalue weighted by Crippen LogP contribution is -2.34. The normalized spacial score (nSPS) is 10.6. The molecule has 0 unspecified atom stereocenters. The summed E-state index contributed by atoms with van der Waals surface area (Å²) in [5, 5.41) is 2.64. The lowest BCUT2D eigenvalue weighted by molar-refractivity contribution is 0.102. The predicted molar refractivity (Wildman–Crippen MR) is 83.4 cm³/mol. The molecule has 0 radical (unpaired) electrons. The maximum atomic E-state index is 12.1. The molecule has 0 saturated heterocycles. The van der Waals surface area contributed by atoms with Crippen LogP contribution >= 0.6 is 23.5 Å². The minimum absolute atomic E-state index is 0.0619. The summed E-state index contributed by atoms with van der Waals surface area (Å²) in [6.45, 7) is 0. The van der Waals surface area contributed by atoms with E-state index in [9.17, 15) is 14.4 Å². The highest BCUT2D eigenvalue weighted by Crippen LogP contribution is 2.18. The third-order valence-electron chi connectivity index (χ3n) is 2.69. The Morgan fingerprint density at radius 3 is 2.57 bits per heavy atom. The van der Waals surface area contributed by atoms with Crippen LogP contribution in [0.4, 0.5) is 0 Å². The number of aromatic nitrogens is 3. The molecule has 0 fully saturated rings. The molecular weight excluding hydrogens is 310 g/mol. The number of thioether (sulfide) groups is 2. The Kier molecular flexibility index (Phi) is 5.03. The van der Waals surface area contributed by atoms with Crippen molar-refractivity contribution in [2.24, 2.45) is 7.05 Å². The number of hydrogen-bond donors (Lipinski definition) is 1. The van der Waals surface area contributed by atoms with E-state index in [4.69, 9.17) is 0 Å². The predicted octanol–water partition coefficient (Wildman–Crippen LogP) is 1.17. The first-order chi connectivity index (χ1) is 10.0. The van der Waals surface area contributed by atoms with Gasteiger partial charge in [0.25, 0.3) is 0 Å². The third kappa shape index (κ3) is 3.85. The summed E-state index contributed by atoms with van der Waals surface area (Å²) in [7, 11) is 1.56. The SMILES string of the molecule is CSc1ccc(C(=O)CSc2nc(=O)c(=O)[nH]n2C)cc1. The fourth-order valence-corrected chi connectivity index (χ4v) is 2.80. The van der Waals surface area contributed by atoms with Crippen LogP contribution in [0.3, 0.4) is 0 Å². The molecule has 2 rings (SSSR count). The Morgan fingerprint density at radius 1 is 1.29 bits per heavy atom. The number of carbonyl (C=O) groups is 1. The summed E-state index contributed by atoms with van der Waals surface area (Å²) in [5.41, 5.74) is -1.03. The van der Waals surface area contributed by atoms with Crippen LogP contribution in [-0.4, -0.2) is 32.6 Å². The Hall–Kier alpha value is -1.80. The minimum Gasteiger partial charge on any atom is -0.293 e. The highest BCUT2D eigenvalue weighted by Gasteiger charge is 2.10. The quantitative estimate of drug-likeness (QED) is 0.505. The van der Waals surface area contributed by atoms with Gasteiger partial charge in [0, 0.05) is 17.5 Å². The average molecular weight is 323 g/mol. The van der Waals surface area contributed by atoms with E-state index in [0.717, 1.165) is 16.7 Å². The van der Waals surface area contributed by atoms with E-state index in [2.05, 4.69) is 10.1 Å². The molecule has 0 aliphatic heterocycles. The van der Waals surface area contributed by atoms with E-state index in [0.29, 0.717) is 10.7 Å². The van der Waals surface area contributed by atoms with Crippen LogP contribution in [0.25, 0.3) is 0 Å². The van der Waals surface area contributed by atoms with E-state index in [1.807, 2.05) is 18.4 Å². The van der Waals surface area contributed by atoms with Gasteiger partial charge < -0.3 is 0 Å². The van der Waals surface area contributed by atoms with E-state index >= 15 is 0 Å². The molecule has 8 heteroatoms. The fraction of sp³-hybridized carbons (Fsp3) is 0.231. The number of H-pyrrole nitrogens is 1. The zero-order valence-electron chi connectivity index (χ0n) is 11.5. The molecule has 0 amide bonds. The maximum absolute atomic E-state index is 12.1. The fourth-order valence-electron chi connectivity index (χ4n) is 1.58. The Labute approximate surface area is 129 Å². The van der Waals surface area contributed by atoms with Crippen LogP contribution in [0, 0.1) is 0 Å². The number of ketones is 1. The van der Waals surface area contributed by atoms with Crippen molar-refractivity contribution in [2.75, 3.05) is 12.0 Å². The molecule has 1 heterocycles. The van der Waals surface area contributed by atoms with Crippen LogP contribution in [0.5, 0.6) is 0 Å². The summed E-state index contributed by atoms with van der Waals surface area (Å²) in [5.74, 6) is 0.0818. The highest BCUT2D eigenvalue weighted by molar-refractivity contribution is 7.99. The number of Topliss-reactive ketones (excluding diaryl/α,β-unsaturated/α-hetero) is 1. The molecule has 0 aliphatic carbocycles. The van der Waals surface area contributed by atoms with Crippen molar-refractivity contribution in [3.63, 3.8) is 0 Å². The van der Waals surface area contributed by atoms with Crippen molar-refractivity contribution in [3.8, 4) is 0 Å². The first-order valence-electron chi connectivity index (χ1n) is 5.98. The van der Waals surface area contributed by atoms with E-state index in [-0.39, 0.29) is 11.5 Å². The van der Waals surface area contributed by atoms with Crippen LogP contribution in [0.15, 0.2) is 43.9 Å². The zero-order valence-corrected chi connectivity index (χ0v) is 13.1. The van der Waals surface area contributed by atoms with Crippen LogP contribution in [-0.2, 0) is 7.05 Å². The van der Waals surface area contributed by atoms with E-state index in [1.54, 1.807) is 30.9 Å². The number of carbonyl (C=O) groups excluding carboxylic acids is 1. The van der Waals surface area contributed by atoms with Gasteiger partial charge in [-0.15, -0.1) is 11.8 Å². The molecule has 0 spiro atoms. The first kappa shape index (κ1) is 15.6. The van der Waals surface area contributed by atoms with Gasteiger partial charge in [-0.3, -0.25) is 24.2 Å². The molecule has 6 nitrogen and oxygen atoms in total. The average Bonchev–Trinajstić information content (AvgIpc) is 2.49. The maximum Gasteiger partial charge on any atom is 0.339 e. The van der Waals surface area contributed by atoms with Gasteiger partial charge >= 0.3 is 11.1 Å². The number of nitrogens with zero attached hydrogens (tertiary/aromatic N) is 2. The summed E-state index contributed by atoms with van der Waals surface area (Å²) in [4.78, 5) is 39.1. The van der Waals surface area contributed by atoms with E-state index < -0.39 is 11.1 Å². The van der Waals surface area contributed by atoms with Crippen molar-refractivity contribution >= 4 is 29.3 Å². The van der Waals surface area contributed by atoms with Gasteiger partial charge in [0.1, 0.15) is 0 Å². The minimum atomic E-state index is -0.854. The van der Waals surface area contributed by atoms with Crippen molar-refractivity contribution in [2.45, 2.75) is 10.1 Å². The molecule has 110 valence electrons. The molecule has 1 aromatic heterocycles. The molecule has 2 aromatic rings. The van der Waals surface area contributed by atoms with Gasteiger partial charge in [-0.05, 0) is 18.4 Å². The monoisotopic (exact) mass is 323 g/mol. The highest BCUT2D eigenvalue weighted by atomic mass is 32.2. The second kappa shape index (κ2) is 6.77. The molecule has 0 saturated carbocycles. The Bertz CT molecular complexity index is 765. The third-order valence-corrected chi connectivity index (χ3v) is 4.47. The molecule has 1 N–H and O–H groups in total. The second-order valence-electron chi connectivity index (χ2n) is 4.14. The Morgan fingerprint density at radius 2 is 1.95 bits per heavy atom. The topological polar surface area (TPSA) is 84.8 Å². The summed E-state index contributed by atoms with van der Waals surface area (Å²) < 4.78 is 1.33. The number of rotatable bonds is 5. The van der Waals surface area contributed by atoms with Gasteiger partial charge in [0.15, 0.2) is 10.9 Å². The molecular formula is C13H13N3O3S2. The number of nitrogens with one attached hydrogen (secondary N) is 1. The van der Waals surface area contributed by atoms with Crippen molar-refractivity contribution in [3.05, 3.63) is 50.5 Å². The molecule has 0 atom stereocenters. The van der Waals surface area contributed by atoms with Gasteiger partial charge in [-0.25, -0.2) is 0 Å². The molecule has 1 aromatic carbocycles. The molecule has 0 bridgehead atoms. The number of benzene rings is 1. The van der Waals surface area contributed by atoms with Crippen molar-refractivity contribution in [1.82, 2.24) is 14.8 Å². The van der Waals surface area contributed by atoms with Gasteiger partial charge in [0.05, 0.1) is 5.75 Å². The van der Waals surface area contributed by atoms with Crippen LogP contribution < -0.4 is 11.1 Å². The number of aryl methyl sites for hydroxylation is 1. The van der Waals surface area contributed by atoms with Gasteiger partial charge in [-0.1, -0.05) is 23.9 Å². The standard InChI is InChI=1S/C13H13N3O3S2/c1-16-13(14-11(18)12(19)15-16)21-7-10(17)8-3-5-9(20-2)6-4-8/h3-6H,7H2,1-2H3,(H,15,19). The second-order valence-corrected chi connectivity index (χ2v) is 5.96.